The van der Waals surface area contributed by atoms with E-state index in [2.05, 4.69) is 6.92 Å². The number of benzene rings is 2. The number of aryl methyl sites for hydroxylation is 1. The molecule has 1 aliphatic rings. The molecule has 6 heteroatoms. The van der Waals surface area contributed by atoms with Crippen LogP contribution in [0.5, 0.6) is 11.5 Å². The van der Waals surface area contributed by atoms with Gasteiger partial charge >= 0.3 is 0 Å². The van der Waals surface area contributed by atoms with Gasteiger partial charge in [-0.2, -0.15) is 0 Å². The Kier molecular flexibility index (Phi) is 6.41. The Morgan fingerprint density at radius 3 is 2.43 bits per heavy atom. The molecule has 1 fully saturated rings. The van der Waals surface area contributed by atoms with Gasteiger partial charge in [0.05, 0.1) is 24.8 Å². The molecule has 0 bridgehead atoms. The normalized spacial score (nSPS) is 15.4. The van der Waals surface area contributed by atoms with Crippen molar-refractivity contribution < 1.29 is 19.1 Å². The highest BCUT2D eigenvalue weighted by Crippen LogP contribution is 2.37. The number of unbranched alkanes of at least 4 members (excludes halogenated alkanes) is 1. The first kappa shape index (κ1) is 20.0. The fourth-order valence-electron chi connectivity index (χ4n) is 2.96. The molecule has 3 rings (SSSR count). The van der Waals surface area contributed by atoms with Crippen LogP contribution < -0.4 is 14.4 Å². The second-order valence-electron chi connectivity index (χ2n) is 6.40. The van der Waals surface area contributed by atoms with Gasteiger partial charge in [-0.05, 0) is 60.5 Å². The second-order valence-corrected chi connectivity index (χ2v) is 7.39. The van der Waals surface area contributed by atoms with Crippen molar-refractivity contribution in [3.05, 3.63) is 58.5 Å². The number of rotatable bonds is 7. The number of carbonyl (C=O) groups is 2. The molecule has 1 aliphatic heterocycles. The van der Waals surface area contributed by atoms with Crippen molar-refractivity contribution >= 4 is 34.7 Å². The summed E-state index contributed by atoms with van der Waals surface area (Å²) in [6, 6.07) is 12.9. The SMILES string of the molecule is CCCCc1ccc(N2C(=O)S/C(=C\c3ccc(OC)cc3OC)C2=O)cc1. The van der Waals surface area contributed by atoms with Gasteiger partial charge in [-0.25, -0.2) is 4.90 Å². The Morgan fingerprint density at radius 1 is 1.04 bits per heavy atom. The first-order chi connectivity index (χ1) is 13.6. The molecule has 1 heterocycles. The Bertz CT molecular complexity index is 905. The number of thioether (sulfide) groups is 1. The van der Waals surface area contributed by atoms with E-state index in [0.29, 0.717) is 27.7 Å². The first-order valence-corrected chi connectivity index (χ1v) is 9.98. The van der Waals surface area contributed by atoms with E-state index in [4.69, 9.17) is 9.47 Å². The van der Waals surface area contributed by atoms with E-state index in [1.54, 1.807) is 38.5 Å². The lowest BCUT2D eigenvalue weighted by Gasteiger charge is -2.13. The largest absolute Gasteiger partial charge is 0.497 e. The smallest absolute Gasteiger partial charge is 0.298 e. The van der Waals surface area contributed by atoms with Crippen molar-refractivity contribution in [2.75, 3.05) is 19.1 Å². The minimum atomic E-state index is -0.325. The first-order valence-electron chi connectivity index (χ1n) is 9.16. The number of ether oxygens (including phenoxy) is 2. The molecule has 0 radical (unpaired) electrons. The van der Waals surface area contributed by atoms with Crippen LogP contribution in [-0.4, -0.2) is 25.4 Å². The third-order valence-corrected chi connectivity index (χ3v) is 5.40. The number of hydrogen-bond donors (Lipinski definition) is 0. The van der Waals surface area contributed by atoms with E-state index in [1.165, 1.54) is 10.5 Å². The number of imide groups is 1. The molecule has 2 aromatic rings. The lowest BCUT2D eigenvalue weighted by atomic mass is 10.1. The number of carbonyl (C=O) groups excluding carboxylic acids is 2. The van der Waals surface area contributed by atoms with Crippen LogP contribution in [0, 0.1) is 0 Å². The molecule has 2 amide bonds. The fraction of sp³-hybridized carbons (Fsp3) is 0.273. The van der Waals surface area contributed by atoms with Gasteiger partial charge in [0.1, 0.15) is 11.5 Å². The summed E-state index contributed by atoms with van der Waals surface area (Å²) in [6.07, 6.45) is 4.92. The van der Waals surface area contributed by atoms with E-state index in [1.807, 2.05) is 24.3 Å². The Hall–Kier alpha value is -2.73. The lowest BCUT2D eigenvalue weighted by Crippen LogP contribution is -2.27. The van der Waals surface area contributed by atoms with Crippen LogP contribution in [0.25, 0.3) is 6.08 Å². The van der Waals surface area contributed by atoms with E-state index in [-0.39, 0.29) is 11.1 Å². The van der Waals surface area contributed by atoms with Gasteiger partial charge < -0.3 is 9.47 Å². The van der Waals surface area contributed by atoms with Crippen LogP contribution in [0.3, 0.4) is 0 Å². The summed E-state index contributed by atoms with van der Waals surface area (Å²) in [6.45, 7) is 2.15. The molecular formula is C22H23NO4S. The molecule has 0 N–H and O–H groups in total. The van der Waals surface area contributed by atoms with Crippen molar-refractivity contribution in [2.24, 2.45) is 0 Å². The summed E-state index contributed by atoms with van der Waals surface area (Å²) >= 11 is 0.930. The molecule has 0 unspecified atom stereocenters. The van der Waals surface area contributed by atoms with Crippen LogP contribution >= 0.6 is 11.8 Å². The molecule has 28 heavy (non-hydrogen) atoms. The Labute approximate surface area is 169 Å². The van der Waals surface area contributed by atoms with Crippen molar-refractivity contribution in [2.45, 2.75) is 26.2 Å². The van der Waals surface area contributed by atoms with Gasteiger partial charge in [0.15, 0.2) is 0 Å². The minimum absolute atomic E-state index is 0.301. The minimum Gasteiger partial charge on any atom is -0.497 e. The van der Waals surface area contributed by atoms with Gasteiger partial charge in [0, 0.05) is 11.6 Å². The molecule has 2 aromatic carbocycles. The van der Waals surface area contributed by atoms with Gasteiger partial charge in [0.2, 0.25) is 0 Å². The zero-order chi connectivity index (χ0) is 20.1. The van der Waals surface area contributed by atoms with Crippen LogP contribution in [0.1, 0.15) is 30.9 Å². The zero-order valence-corrected chi connectivity index (χ0v) is 17.0. The standard InChI is InChI=1S/C22H23NO4S/c1-4-5-6-15-7-10-17(11-8-15)23-21(24)20(28-22(23)25)13-16-9-12-18(26-2)14-19(16)27-3/h7-14H,4-6H2,1-3H3/b20-13-. The topological polar surface area (TPSA) is 55.8 Å². The maximum atomic E-state index is 12.9. The molecule has 0 aromatic heterocycles. The van der Waals surface area contributed by atoms with Crippen LogP contribution in [0.2, 0.25) is 0 Å². The van der Waals surface area contributed by atoms with Crippen molar-refractivity contribution in [1.29, 1.82) is 0 Å². The molecule has 5 nitrogen and oxygen atoms in total. The lowest BCUT2D eigenvalue weighted by molar-refractivity contribution is -0.113. The number of methoxy groups -OCH3 is 2. The average molecular weight is 397 g/mol. The summed E-state index contributed by atoms with van der Waals surface area (Å²) in [5.74, 6) is 0.908. The summed E-state index contributed by atoms with van der Waals surface area (Å²) in [5.41, 5.74) is 2.51. The summed E-state index contributed by atoms with van der Waals surface area (Å²) in [5, 5.41) is -0.301. The molecule has 0 spiro atoms. The van der Waals surface area contributed by atoms with Crippen LogP contribution in [0.4, 0.5) is 10.5 Å². The van der Waals surface area contributed by atoms with Crippen molar-refractivity contribution in [3.63, 3.8) is 0 Å². The molecule has 0 atom stereocenters. The van der Waals surface area contributed by atoms with E-state index >= 15 is 0 Å². The maximum absolute atomic E-state index is 12.9. The highest BCUT2D eigenvalue weighted by molar-refractivity contribution is 8.19. The van der Waals surface area contributed by atoms with Gasteiger partial charge in [-0.3, -0.25) is 9.59 Å². The highest BCUT2D eigenvalue weighted by Gasteiger charge is 2.36. The van der Waals surface area contributed by atoms with Crippen molar-refractivity contribution in [3.8, 4) is 11.5 Å². The fourth-order valence-corrected chi connectivity index (χ4v) is 3.79. The van der Waals surface area contributed by atoms with Gasteiger partial charge in [0.25, 0.3) is 11.1 Å². The van der Waals surface area contributed by atoms with E-state index in [9.17, 15) is 9.59 Å². The highest BCUT2D eigenvalue weighted by atomic mass is 32.2. The molecule has 146 valence electrons. The third-order valence-electron chi connectivity index (χ3n) is 4.53. The van der Waals surface area contributed by atoms with Gasteiger partial charge in [-0.1, -0.05) is 25.5 Å². The van der Waals surface area contributed by atoms with Crippen molar-refractivity contribution in [1.82, 2.24) is 0 Å². The Morgan fingerprint density at radius 2 is 1.79 bits per heavy atom. The summed E-state index contributed by atoms with van der Waals surface area (Å²) < 4.78 is 10.6. The molecule has 0 saturated carbocycles. The zero-order valence-electron chi connectivity index (χ0n) is 16.2. The monoisotopic (exact) mass is 397 g/mol. The molecule has 1 saturated heterocycles. The number of amides is 2. The number of nitrogens with zero attached hydrogens (tertiary/aromatic N) is 1. The number of hydrogen-bond acceptors (Lipinski definition) is 5. The van der Waals surface area contributed by atoms with Crippen LogP contribution in [-0.2, 0) is 11.2 Å². The maximum Gasteiger partial charge on any atom is 0.298 e. The predicted octanol–water partition coefficient (Wildman–Crippen LogP) is 5.29. The summed E-state index contributed by atoms with van der Waals surface area (Å²) in [4.78, 5) is 26.9. The Balaban J connectivity index is 1.84. The third kappa shape index (κ3) is 4.22. The summed E-state index contributed by atoms with van der Waals surface area (Å²) in [7, 11) is 3.13. The number of anilines is 1. The molecular weight excluding hydrogens is 374 g/mol. The van der Waals surface area contributed by atoms with Crippen LogP contribution in [0.15, 0.2) is 47.4 Å². The average Bonchev–Trinajstić information content (AvgIpc) is 3.00. The second kappa shape index (κ2) is 8.97. The van der Waals surface area contributed by atoms with Gasteiger partial charge in [-0.15, -0.1) is 0 Å². The molecule has 0 aliphatic carbocycles. The quantitative estimate of drug-likeness (QED) is 0.595. The van der Waals surface area contributed by atoms with E-state index < -0.39 is 0 Å². The predicted molar refractivity (Wildman–Crippen MR) is 113 cm³/mol. The van der Waals surface area contributed by atoms with E-state index in [0.717, 1.165) is 31.0 Å².